The summed E-state index contributed by atoms with van der Waals surface area (Å²) in [6.07, 6.45) is 3.80. The smallest absolute Gasteiger partial charge is 0.0655 e. The number of rotatable bonds is 5. The van der Waals surface area contributed by atoms with Crippen LogP contribution in [-0.2, 0) is 0 Å². The molecule has 0 spiro atoms. The van der Waals surface area contributed by atoms with Gasteiger partial charge in [0, 0.05) is 42.8 Å². The van der Waals surface area contributed by atoms with Crippen LogP contribution in [-0.4, -0.2) is 31.1 Å². The molecule has 0 bridgehead atoms. The molecule has 1 N–H and O–H groups in total. The number of nitrogens with zero attached hydrogens (tertiary/aromatic N) is 1. The molecule has 0 amide bonds. The minimum atomic E-state index is 0. The Bertz CT molecular complexity index is 475. The monoisotopic (exact) mass is 404 g/mol. The molecule has 1 aliphatic rings. The van der Waals surface area contributed by atoms with E-state index in [4.69, 9.17) is 34.8 Å². The topological polar surface area (TPSA) is 15.3 Å². The van der Waals surface area contributed by atoms with Crippen LogP contribution >= 0.6 is 59.6 Å². The van der Waals surface area contributed by atoms with Gasteiger partial charge < -0.3 is 5.32 Å². The van der Waals surface area contributed by atoms with E-state index in [1.165, 1.54) is 0 Å². The fourth-order valence-electron chi connectivity index (χ4n) is 2.63. The fraction of sp³-hybridized carbons (Fsp3) is 0.467. The van der Waals surface area contributed by atoms with E-state index in [1.807, 2.05) is 12.1 Å². The van der Waals surface area contributed by atoms with E-state index >= 15 is 0 Å². The van der Waals surface area contributed by atoms with Gasteiger partial charge in [-0.2, -0.15) is 0 Å². The van der Waals surface area contributed by atoms with E-state index in [9.17, 15) is 0 Å². The predicted octanol–water partition coefficient (Wildman–Crippen LogP) is 5.40. The second-order valence-electron chi connectivity index (χ2n) is 4.92. The van der Waals surface area contributed by atoms with Gasteiger partial charge in [0.1, 0.15) is 0 Å². The maximum Gasteiger partial charge on any atom is 0.0655 e. The van der Waals surface area contributed by atoms with Crippen LogP contribution in [0.2, 0.25) is 15.1 Å². The summed E-state index contributed by atoms with van der Waals surface area (Å²) in [6.45, 7) is 7.76. The summed E-state index contributed by atoms with van der Waals surface area (Å²) in [4.78, 5) is 2.42. The van der Waals surface area contributed by atoms with E-state index in [0.717, 1.165) is 44.6 Å². The van der Waals surface area contributed by atoms with Crippen LogP contribution in [0, 0.1) is 0 Å². The largest absolute Gasteiger partial charge is 0.314 e. The zero-order valence-electron chi connectivity index (χ0n) is 12.2. The van der Waals surface area contributed by atoms with Crippen molar-refractivity contribution in [2.45, 2.75) is 18.9 Å². The Morgan fingerprint density at radius 3 is 2.32 bits per heavy atom. The minimum absolute atomic E-state index is 0. The highest BCUT2D eigenvalue weighted by Crippen LogP contribution is 2.40. The van der Waals surface area contributed by atoms with Crippen molar-refractivity contribution in [3.05, 3.63) is 45.4 Å². The number of piperazine rings is 1. The Hall–Kier alpha value is 0.330. The lowest BCUT2D eigenvalue weighted by Crippen LogP contribution is -2.45. The molecule has 1 heterocycles. The molecule has 1 aromatic carbocycles. The lowest BCUT2D eigenvalue weighted by molar-refractivity contribution is 0.166. The molecule has 1 atom stereocenters. The first-order chi connectivity index (χ1) is 9.65. The van der Waals surface area contributed by atoms with Crippen LogP contribution in [0.5, 0.6) is 0 Å². The summed E-state index contributed by atoms with van der Waals surface area (Å²) < 4.78 is 0. The molecular weight excluding hydrogens is 385 g/mol. The SMILES string of the molecule is C=CCC[C@H](c1c(Cl)ccc(Cl)c1Cl)N1CCNCC1.Cl.Cl. The molecule has 7 heteroatoms. The van der Waals surface area contributed by atoms with E-state index in [1.54, 1.807) is 6.07 Å². The summed E-state index contributed by atoms with van der Waals surface area (Å²) in [7, 11) is 0. The van der Waals surface area contributed by atoms with Gasteiger partial charge in [-0.15, -0.1) is 31.4 Å². The van der Waals surface area contributed by atoms with Crippen LogP contribution in [0.4, 0.5) is 0 Å². The second-order valence-corrected chi connectivity index (χ2v) is 6.12. The molecule has 2 rings (SSSR count). The molecule has 22 heavy (non-hydrogen) atoms. The molecule has 1 saturated heterocycles. The quantitative estimate of drug-likeness (QED) is 0.520. The molecule has 0 unspecified atom stereocenters. The summed E-state index contributed by atoms with van der Waals surface area (Å²) in [5.41, 5.74) is 0.949. The summed E-state index contributed by atoms with van der Waals surface area (Å²) in [5.74, 6) is 0. The molecular formula is C15H21Cl5N2. The van der Waals surface area contributed by atoms with Gasteiger partial charge in [-0.05, 0) is 25.0 Å². The van der Waals surface area contributed by atoms with Crippen molar-refractivity contribution in [2.75, 3.05) is 26.2 Å². The average Bonchev–Trinajstić information content (AvgIpc) is 2.47. The molecule has 0 aliphatic carbocycles. The van der Waals surface area contributed by atoms with Crippen LogP contribution in [0.15, 0.2) is 24.8 Å². The first kappa shape index (κ1) is 22.3. The van der Waals surface area contributed by atoms with Crippen molar-refractivity contribution < 1.29 is 0 Å². The Balaban J connectivity index is 0.00000220. The lowest BCUT2D eigenvalue weighted by atomic mass is 9.99. The molecule has 2 nitrogen and oxygen atoms in total. The molecule has 0 saturated carbocycles. The Kier molecular flexibility index (Phi) is 11.1. The van der Waals surface area contributed by atoms with Gasteiger partial charge in [0.15, 0.2) is 0 Å². The van der Waals surface area contributed by atoms with Crippen molar-refractivity contribution in [3.8, 4) is 0 Å². The van der Waals surface area contributed by atoms with Crippen molar-refractivity contribution in [1.29, 1.82) is 0 Å². The van der Waals surface area contributed by atoms with E-state index in [-0.39, 0.29) is 30.9 Å². The van der Waals surface area contributed by atoms with Crippen LogP contribution in [0.3, 0.4) is 0 Å². The van der Waals surface area contributed by atoms with Crippen molar-refractivity contribution in [3.63, 3.8) is 0 Å². The van der Waals surface area contributed by atoms with Crippen LogP contribution < -0.4 is 5.32 Å². The van der Waals surface area contributed by atoms with Crippen molar-refractivity contribution >= 4 is 59.6 Å². The van der Waals surface area contributed by atoms with Gasteiger partial charge in [0.05, 0.1) is 10.0 Å². The third-order valence-electron chi connectivity index (χ3n) is 3.65. The molecule has 1 fully saturated rings. The number of nitrogens with one attached hydrogen (secondary N) is 1. The van der Waals surface area contributed by atoms with Gasteiger partial charge in [0.2, 0.25) is 0 Å². The van der Waals surface area contributed by atoms with Gasteiger partial charge in [-0.1, -0.05) is 40.9 Å². The summed E-state index contributed by atoms with van der Waals surface area (Å²) in [6, 6.07) is 3.76. The van der Waals surface area contributed by atoms with E-state index < -0.39 is 0 Å². The third-order valence-corrected chi connectivity index (χ3v) is 4.80. The predicted molar refractivity (Wildman–Crippen MR) is 103 cm³/mol. The summed E-state index contributed by atoms with van der Waals surface area (Å²) in [5, 5.41) is 5.19. The Labute approximate surface area is 160 Å². The number of allylic oxidation sites excluding steroid dienone is 1. The normalized spacial score (nSPS) is 16.3. The maximum atomic E-state index is 6.41. The first-order valence-corrected chi connectivity index (χ1v) is 7.97. The number of hydrogen-bond donors (Lipinski definition) is 1. The minimum Gasteiger partial charge on any atom is -0.314 e. The van der Waals surface area contributed by atoms with Gasteiger partial charge in [-0.25, -0.2) is 0 Å². The van der Waals surface area contributed by atoms with Gasteiger partial charge >= 0.3 is 0 Å². The second kappa shape index (κ2) is 11.0. The third kappa shape index (κ3) is 5.45. The molecule has 0 aromatic heterocycles. The highest BCUT2D eigenvalue weighted by molar-refractivity contribution is 6.44. The first-order valence-electron chi connectivity index (χ1n) is 6.84. The molecule has 126 valence electrons. The van der Waals surface area contributed by atoms with Crippen molar-refractivity contribution in [2.24, 2.45) is 0 Å². The highest BCUT2D eigenvalue weighted by Gasteiger charge is 2.26. The maximum absolute atomic E-state index is 6.41. The van der Waals surface area contributed by atoms with E-state index in [2.05, 4.69) is 16.8 Å². The lowest BCUT2D eigenvalue weighted by Gasteiger charge is -2.36. The fourth-order valence-corrected chi connectivity index (χ4v) is 3.41. The van der Waals surface area contributed by atoms with Crippen LogP contribution in [0.25, 0.3) is 0 Å². The number of halogens is 5. The van der Waals surface area contributed by atoms with Gasteiger partial charge in [-0.3, -0.25) is 4.90 Å². The molecule has 1 aliphatic heterocycles. The summed E-state index contributed by atoms with van der Waals surface area (Å²) >= 11 is 19.0. The standard InChI is InChI=1S/C15H19Cl3N2.2ClH/c1-2-3-4-13(20-9-7-19-8-10-20)14-11(16)5-6-12(17)15(14)18;;/h2,5-6,13,19H,1,3-4,7-10H2;2*1H/t13-;;/m1../s1. The zero-order valence-corrected chi connectivity index (χ0v) is 16.1. The average molecular weight is 407 g/mol. The molecule has 1 aromatic rings. The highest BCUT2D eigenvalue weighted by atomic mass is 35.5. The Morgan fingerprint density at radius 1 is 1.14 bits per heavy atom. The van der Waals surface area contributed by atoms with Crippen LogP contribution in [0.1, 0.15) is 24.4 Å². The van der Waals surface area contributed by atoms with E-state index in [0.29, 0.717) is 15.1 Å². The number of hydrogen-bond acceptors (Lipinski definition) is 2. The van der Waals surface area contributed by atoms with Crippen molar-refractivity contribution in [1.82, 2.24) is 10.2 Å². The molecule has 0 radical (unpaired) electrons. The zero-order chi connectivity index (χ0) is 14.5. The van der Waals surface area contributed by atoms with Gasteiger partial charge in [0.25, 0.3) is 0 Å². The number of benzene rings is 1. The Morgan fingerprint density at radius 2 is 1.73 bits per heavy atom.